The Morgan fingerprint density at radius 3 is 2.29 bits per heavy atom. The van der Waals surface area contributed by atoms with Crippen LogP contribution in [-0.2, 0) is 10.2 Å². The van der Waals surface area contributed by atoms with Gasteiger partial charge < -0.3 is 15.4 Å². The highest BCUT2D eigenvalue weighted by Gasteiger charge is 2.55. The molecule has 1 unspecified atom stereocenters. The molecular weight excluding hydrogens is 619 g/mol. The molecule has 1 heterocycles. The number of nitrogens with one attached hydrogen (secondary N) is 2. The van der Waals surface area contributed by atoms with E-state index in [1.54, 1.807) is 42.5 Å². The lowest BCUT2D eigenvalue weighted by molar-refractivity contribution is -0.114. The number of methoxy groups -OCH3 is 1. The largest absolute Gasteiger partial charge is 0.495 e. The molecule has 45 heavy (non-hydrogen) atoms. The van der Waals surface area contributed by atoms with Crippen LogP contribution in [-0.4, -0.2) is 31.4 Å². The highest BCUT2D eigenvalue weighted by Crippen LogP contribution is 2.50. The Bertz CT molecular complexity index is 1550. The van der Waals surface area contributed by atoms with Crippen molar-refractivity contribution >= 4 is 40.6 Å². The smallest absolute Gasteiger partial charge is 0.221 e. The number of carbonyl (C=O) groups is 2. The molecule has 1 aliphatic heterocycles. The number of nitriles is 1. The third-order valence-electron chi connectivity index (χ3n) is 7.32. The molecule has 0 bridgehead atoms. The van der Waals surface area contributed by atoms with Crippen LogP contribution in [0.5, 0.6) is 5.75 Å². The van der Waals surface area contributed by atoms with Gasteiger partial charge in [-0.15, -0.1) is 0 Å². The fourth-order valence-electron chi connectivity index (χ4n) is 5.43. The second-order valence-electron chi connectivity index (χ2n) is 11.7. The summed E-state index contributed by atoms with van der Waals surface area (Å²) in [5.74, 6) is -1.46. The second kappa shape index (κ2) is 16.2. The number of ketones is 1. The van der Waals surface area contributed by atoms with Crippen molar-refractivity contribution in [2.75, 3.05) is 19.0 Å². The van der Waals surface area contributed by atoms with E-state index in [9.17, 15) is 19.2 Å². The van der Waals surface area contributed by atoms with Crippen molar-refractivity contribution in [3.63, 3.8) is 0 Å². The maximum absolute atomic E-state index is 15.0. The van der Waals surface area contributed by atoms with Crippen molar-refractivity contribution in [2.24, 2.45) is 5.41 Å². The van der Waals surface area contributed by atoms with E-state index in [0.717, 1.165) is 0 Å². The molecule has 0 aliphatic carbocycles. The molecule has 2 N–H and O–H groups in total. The average molecular weight is 661 g/mol. The van der Waals surface area contributed by atoms with Gasteiger partial charge in [0, 0.05) is 41.6 Å². The van der Waals surface area contributed by atoms with Gasteiger partial charge in [-0.2, -0.15) is 5.26 Å². The van der Waals surface area contributed by atoms with Gasteiger partial charge in [0.25, 0.3) is 0 Å². The molecule has 1 aliphatic rings. The zero-order valence-corrected chi connectivity index (χ0v) is 28.5. The van der Waals surface area contributed by atoms with Gasteiger partial charge in [0.15, 0.2) is 5.78 Å². The van der Waals surface area contributed by atoms with E-state index in [1.807, 2.05) is 13.8 Å². The quantitative estimate of drug-likeness (QED) is 0.258. The van der Waals surface area contributed by atoms with E-state index in [0.29, 0.717) is 35.5 Å². The average Bonchev–Trinajstić information content (AvgIpc) is 3.32. The number of amides is 1. The van der Waals surface area contributed by atoms with Gasteiger partial charge in [-0.25, -0.2) is 8.78 Å². The minimum atomic E-state index is -1.30. The molecule has 3 aromatic carbocycles. The van der Waals surface area contributed by atoms with Crippen molar-refractivity contribution in [2.45, 2.75) is 72.3 Å². The molecule has 1 fully saturated rings. The Labute approximate surface area is 275 Å². The van der Waals surface area contributed by atoms with Crippen molar-refractivity contribution in [1.82, 2.24) is 5.32 Å². The lowest BCUT2D eigenvalue weighted by Crippen LogP contribution is -2.44. The minimum Gasteiger partial charge on any atom is -0.495 e. The summed E-state index contributed by atoms with van der Waals surface area (Å²) in [5.41, 5.74) is 0.240. The SMILES string of the molecule is CC.CC(C)(C)C[C@@H]1NCC(c2cccc(Cl)c2F)[C@@]1(C#N)c1ccc(Cl)cc1F.COc1cc(C(C)=O)ccc1NC(C)=O. The molecule has 10 heteroatoms. The van der Waals surface area contributed by atoms with Crippen molar-refractivity contribution in [1.29, 1.82) is 5.26 Å². The van der Waals surface area contributed by atoms with E-state index in [2.05, 4.69) is 37.5 Å². The van der Waals surface area contributed by atoms with Crippen molar-refractivity contribution in [3.05, 3.63) is 93.0 Å². The topological polar surface area (TPSA) is 91.2 Å². The number of ether oxygens (including phenoxy) is 1. The highest BCUT2D eigenvalue weighted by molar-refractivity contribution is 6.31. The Morgan fingerprint density at radius 2 is 1.76 bits per heavy atom. The normalized spacial score (nSPS) is 18.8. The summed E-state index contributed by atoms with van der Waals surface area (Å²) in [6.07, 6.45) is 0.612. The van der Waals surface area contributed by atoms with Crippen molar-refractivity contribution in [3.8, 4) is 11.8 Å². The molecule has 3 atom stereocenters. The van der Waals surface area contributed by atoms with E-state index < -0.39 is 23.0 Å². The molecule has 0 aromatic heterocycles. The molecule has 0 radical (unpaired) electrons. The number of carbonyl (C=O) groups excluding carboxylic acids is 2. The Hall–Kier alpha value is -3.51. The Morgan fingerprint density at radius 1 is 1.09 bits per heavy atom. The number of halogens is 4. The van der Waals surface area contributed by atoms with Crippen LogP contribution in [0.25, 0.3) is 0 Å². The molecule has 1 saturated heterocycles. The molecule has 1 amide bonds. The summed E-state index contributed by atoms with van der Waals surface area (Å²) in [7, 11) is 1.49. The van der Waals surface area contributed by atoms with Gasteiger partial charge in [-0.3, -0.25) is 9.59 Å². The van der Waals surface area contributed by atoms with Crippen LogP contribution in [0.3, 0.4) is 0 Å². The van der Waals surface area contributed by atoms with Gasteiger partial charge in [0.1, 0.15) is 22.8 Å². The predicted molar refractivity (Wildman–Crippen MR) is 177 cm³/mol. The molecule has 4 rings (SSSR count). The van der Waals surface area contributed by atoms with Gasteiger partial charge in [0.2, 0.25) is 5.91 Å². The number of hydrogen-bond donors (Lipinski definition) is 2. The summed E-state index contributed by atoms with van der Waals surface area (Å²) >= 11 is 11.9. The third-order valence-corrected chi connectivity index (χ3v) is 7.85. The second-order valence-corrected chi connectivity index (χ2v) is 12.5. The molecule has 3 aromatic rings. The molecule has 242 valence electrons. The number of Topliss-reactive ketones (excluding diaryl/α,β-unsaturated/α-hetero) is 1. The number of benzene rings is 3. The van der Waals surface area contributed by atoms with E-state index in [1.165, 1.54) is 33.1 Å². The molecule has 6 nitrogen and oxygen atoms in total. The van der Waals surface area contributed by atoms with Crippen LogP contribution >= 0.6 is 23.2 Å². The number of hydrogen-bond acceptors (Lipinski definition) is 5. The van der Waals surface area contributed by atoms with E-state index in [-0.39, 0.29) is 38.8 Å². The highest BCUT2D eigenvalue weighted by atomic mass is 35.5. The third kappa shape index (κ3) is 9.03. The molecule has 0 saturated carbocycles. The molecule has 0 spiro atoms. The van der Waals surface area contributed by atoms with Crippen LogP contribution in [0, 0.1) is 28.4 Å². The fraction of sp³-hybridized carbons (Fsp3) is 0.400. The van der Waals surface area contributed by atoms with Crippen LogP contribution in [0.2, 0.25) is 10.0 Å². The summed E-state index contributed by atoms with van der Waals surface area (Å²) in [5, 5.41) is 16.6. The van der Waals surface area contributed by atoms with Crippen LogP contribution < -0.4 is 15.4 Å². The first kappa shape index (κ1) is 37.7. The van der Waals surface area contributed by atoms with Crippen LogP contribution in [0.1, 0.15) is 82.3 Å². The number of rotatable bonds is 6. The molecular formula is C35H41Cl2F2N3O3. The summed E-state index contributed by atoms with van der Waals surface area (Å²) < 4.78 is 35.0. The first-order chi connectivity index (χ1) is 21.1. The summed E-state index contributed by atoms with van der Waals surface area (Å²) in [4.78, 5) is 22.0. The van der Waals surface area contributed by atoms with Crippen LogP contribution in [0.15, 0.2) is 54.6 Å². The standard InChI is InChI=1S/C22H22Cl2F2N2.C11H13NO3.C2H6/c1-21(2,3)10-19-22(12-27,15-8-7-13(23)9-18(15)25)16(11-28-19)14-5-4-6-17(24)20(14)26;1-7(13)9-4-5-10(12-8(2)14)11(6-9)15-3;1-2/h4-9,16,19,28H,10-11H2,1-3H3;4-6H,1-3H3,(H,12,14);1-2H3/t16?,19-,22+;;/m0../s1. The maximum atomic E-state index is 15.0. The van der Waals surface area contributed by atoms with Crippen molar-refractivity contribution < 1.29 is 23.1 Å². The van der Waals surface area contributed by atoms with Gasteiger partial charge in [0.05, 0.1) is 23.9 Å². The monoisotopic (exact) mass is 659 g/mol. The van der Waals surface area contributed by atoms with Gasteiger partial charge in [-0.05, 0) is 60.7 Å². The summed E-state index contributed by atoms with van der Waals surface area (Å²) in [6, 6.07) is 15.9. The first-order valence-corrected chi connectivity index (χ1v) is 15.4. The maximum Gasteiger partial charge on any atom is 0.221 e. The zero-order chi connectivity index (χ0) is 34.1. The van der Waals surface area contributed by atoms with Gasteiger partial charge in [-0.1, -0.05) is 76.0 Å². The number of anilines is 1. The van der Waals surface area contributed by atoms with Gasteiger partial charge >= 0.3 is 0 Å². The van der Waals surface area contributed by atoms with E-state index >= 15 is 4.39 Å². The van der Waals surface area contributed by atoms with Crippen LogP contribution in [0.4, 0.5) is 14.5 Å². The first-order valence-electron chi connectivity index (χ1n) is 14.6. The number of nitrogens with zero attached hydrogens (tertiary/aromatic N) is 1. The minimum absolute atomic E-state index is 0.0137. The van der Waals surface area contributed by atoms with E-state index in [4.69, 9.17) is 27.9 Å². The predicted octanol–water partition coefficient (Wildman–Crippen LogP) is 9.11. The zero-order valence-electron chi connectivity index (χ0n) is 26.9. The Balaban J connectivity index is 0.000000351. The lowest BCUT2D eigenvalue weighted by Gasteiger charge is -2.37. The Kier molecular flexibility index (Phi) is 13.5. The summed E-state index contributed by atoms with van der Waals surface area (Å²) in [6.45, 7) is 13.4. The fourth-order valence-corrected chi connectivity index (χ4v) is 5.78. The lowest BCUT2D eigenvalue weighted by atomic mass is 9.64.